The molecule has 9 heteroatoms. The highest BCUT2D eigenvalue weighted by molar-refractivity contribution is 7.93. The number of carboxylic acid groups (broad SMARTS) is 1. The van der Waals surface area contributed by atoms with Crippen molar-refractivity contribution in [2.75, 3.05) is 6.61 Å². The van der Waals surface area contributed by atoms with E-state index in [4.69, 9.17) is 0 Å². The molecule has 0 aliphatic carbocycles. The summed E-state index contributed by atoms with van der Waals surface area (Å²) in [4.78, 5) is 37.1. The Morgan fingerprint density at radius 2 is 1.26 bits per heavy atom. The number of carboxylic acids is 1. The van der Waals surface area contributed by atoms with Gasteiger partial charge in [0.25, 0.3) is 0 Å². The number of rotatable bonds is 12. The van der Waals surface area contributed by atoms with Gasteiger partial charge in [-0.1, -0.05) is 13.8 Å². The lowest BCUT2D eigenvalue weighted by molar-refractivity contribution is -0.147. The van der Waals surface area contributed by atoms with E-state index in [0.717, 1.165) is 0 Å². The number of carbonyl (C=O) groups is 3. The van der Waals surface area contributed by atoms with Crippen LogP contribution in [0.1, 0.15) is 66.2 Å². The number of carbonyl (C=O) groups excluding carboxylic acids is 2. The van der Waals surface area contributed by atoms with Crippen LogP contribution < -0.4 is 0 Å². The summed E-state index contributed by atoms with van der Waals surface area (Å²) in [6, 6.07) is 0. The van der Waals surface area contributed by atoms with E-state index in [-0.39, 0.29) is 33.4 Å². The third kappa shape index (κ3) is 8.44. The van der Waals surface area contributed by atoms with E-state index in [2.05, 4.69) is 0 Å². The molecule has 2 unspecified atom stereocenters. The van der Waals surface area contributed by atoms with Crippen LogP contribution in [0.4, 0.5) is 0 Å². The maximum atomic E-state index is 13.0. The van der Waals surface area contributed by atoms with Crippen molar-refractivity contribution in [3.63, 3.8) is 0 Å². The Hall–Kier alpha value is -2.23. The zero-order chi connectivity index (χ0) is 26.4. The molecule has 0 amide bonds. The van der Waals surface area contributed by atoms with Crippen LogP contribution in [0.5, 0.6) is 0 Å². The fourth-order valence-corrected chi connectivity index (χ4v) is 6.08. The monoisotopic (exact) mass is 522 g/mol. The molecule has 2 N–H and O–H groups in total. The quantitative estimate of drug-likeness (QED) is 0.393. The summed E-state index contributed by atoms with van der Waals surface area (Å²) in [5, 5.41) is 18.6. The molecule has 0 radical (unpaired) electrons. The van der Waals surface area contributed by atoms with Crippen molar-refractivity contribution < 1.29 is 33.0 Å². The number of allylic oxidation sites excluding steroid dienone is 8. The maximum Gasteiger partial charge on any atom is 0.309 e. The van der Waals surface area contributed by atoms with E-state index in [0.29, 0.717) is 48.3 Å². The van der Waals surface area contributed by atoms with Crippen LogP contribution in [0, 0.1) is 10.8 Å². The maximum absolute atomic E-state index is 13.0. The predicted octanol–water partition coefficient (Wildman–Crippen LogP) is 4.21. The molecule has 192 valence electrons. The van der Waals surface area contributed by atoms with Crippen LogP contribution in [0.15, 0.2) is 56.1 Å². The van der Waals surface area contributed by atoms with Gasteiger partial charge in [-0.3, -0.25) is 14.4 Å². The second-order valence-electron chi connectivity index (χ2n) is 10.2. The molecule has 0 spiro atoms. The van der Waals surface area contributed by atoms with Crippen LogP contribution in [0.2, 0.25) is 0 Å². The lowest BCUT2D eigenvalue weighted by Crippen LogP contribution is -2.23. The first-order chi connectivity index (χ1) is 16.3. The van der Waals surface area contributed by atoms with Crippen LogP contribution in [-0.4, -0.2) is 42.8 Å². The minimum Gasteiger partial charge on any atom is -0.481 e. The highest BCUT2D eigenvalue weighted by atomic mass is 32.2. The largest absolute Gasteiger partial charge is 0.481 e. The van der Waals surface area contributed by atoms with Gasteiger partial charge in [-0.2, -0.15) is 0 Å². The molecule has 0 saturated carbocycles. The standard InChI is InChI=1S/C26H34O7S2/c1-25(2,17-27)11-5-7-20-13-18(28)15-22(34(20)32)9-10-23-16-19(29)14-21(35(23)33)8-6-12-26(3,4)24(30)31/h9-10,13-16,27H,5-8,11-12,17H2,1-4H3,(H,30,31)/b10-9-. The molecule has 7 nitrogen and oxygen atoms in total. The van der Waals surface area contributed by atoms with Crippen LogP contribution in [0.3, 0.4) is 0 Å². The lowest BCUT2D eigenvalue weighted by atomic mass is 9.87. The van der Waals surface area contributed by atoms with Gasteiger partial charge in [0.2, 0.25) is 0 Å². The molecule has 0 aromatic rings. The number of hydrogen-bond acceptors (Lipinski definition) is 6. The summed E-state index contributed by atoms with van der Waals surface area (Å²) < 4.78 is 25.9. The molecule has 0 bridgehead atoms. The van der Waals surface area contributed by atoms with E-state index in [1.54, 1.807) is 13.8 Å². The molecule has 2 aliphatic rings. The molecular formula is C26H34O7S2. The molecular weight excluding hydrogens is 488 g/mol. The average molecular weight is 523 g/mol. The molecule has 35 heavy (non-hydrogen) atoms. The number of ketones is 2. The first kappa shape index (κ1) is 29.0. The van der Waals surface area contributed by atoms with Crippen LogP contribution >= 0.6 is 0 Å². The lowest BCUT2D eigenvalue weighted by Gasteiger charge is -2.21. The average Bonchev–Trinajstić information content (AvgIpc) is 2.77. The van der Waals surface area contributed by atoms with Crippen molar-refractivity contribution in [3.8, 4) is 0 Å². The van der Waals surface area contributed by atoms with Gasteiger partial charge in [0.1, 0.15) is 0 Å². The summed E-state index contributed by atoms with van der Waals surface area (Å²) in [6.07, 6.45) is 11.1. The van der Waals surface area contributed by atoms with Crippen molar-refractivity contribution in [2.45, 2.75) is 66.2 Å². The molecule has 2 atom stereocenters. The van der Waals surface area contributed by atoms with Crippen LogP contribution in [-0.2, 0) is 36.0 Å². The first-order valence-corrected chi connectivity index (χ1v) is 13.8. The van der Waals surface area contributed by atoms with Crippen molar-refractivity contribution in [1.29, 1.82) is 0 Å². The van der Waals surface area contributed by atoms with Crippen molar-refractivity contribution in [1.82, 2.24) is 0 Å². The Morgan fingerprint density at radius 3 is 1.66 bits per heavy atom. The van der Waals surface area contributed by atoms with Gasteiger partial charge in [-0.25, -0.2) is 8.42 Å². The minimum absolute atomic E-state index is 0.0423. The first-order valence-electron chi connectivity index (χ1n) is 11.5. The fourth-order valence-electron chi connectivity index (χ4n) is 3.54. The van der Waals surface area contributed by atoms with Crippen molar-refractivity contribution in [3.05, 3.63) is 56.1 Å². The molecule has 0 aromatic carbocycles. The molecule has 2 heterocycles. The zero-order valence-corrected chi connectivity index (χ0v) is 22.3. The smallest absolute Gasteiger partial charge is 0.309 e. The van der Waals surface area contributed by atoms with E-state index in [1.165, 1.54) is 36.5 Å². The van der Waals surface area contributed by atoms with Crippen LogP contribution in [0.25, 0.3) is 0 Å². The van der Waals surface area contributed by atoms with Gasteiger partial charge >= 0.3 is 5.97 Å². The van der Waals surface area contributed by atoms with Crippen molar-refractivity contribution in [2.24, 2.45) is 10.8 Å². The zero-order valence-electron chi connectivity index (χ0n) is 20.7. The highest BCUT2D eigenvalue weighted by Crippen LogP contribution is 2.30. The van der Waals surface area contributed by atoms with Gasteiger partial charge in [-0.05, 0) is 82.1 Å². The van der Waals surface area contributed by atoms with Gasteiger partial charge in [0.05, 0.1) is 27.0 Å². The van der Waals surface area contributed by atoms with E-state index >= 15 is 0 Å². The number of aliphatic hydroxyl groups is 1. The molecule has 0 saturated heterocycles. The highest BCUT2D eigenvalue weighted by Gasteiger charge is 2.27. The SMILES string of the molecule is CC(C)(CO)CCCC1=CC(=O)C=C(/C=C\C2=CC(=O)C=C(CCCC(C)(C)C(=O)O)S2=O)S1=O. The second-order valence-corrected chi connectivity index (χ2v) is 13.3. The summed E-state index contributed by atoms with van der Waals surface area (Å²) in [6.45, 7) is 7.16. The third-order valence-electron chi connectivity index (χ3n) is 6.00. The van der Waals surface area contributed by atoms with Gasteiger partial charge in [-0.15, -0.1) is 0 Å². The van der Waals surface area contributed by atoms with E-state index < -0.39 is 33.0 Å². The summed E-state index contributed by atoms with van der Waals surface area (Å²) in [7, 11) is -3.16. The minimum atomic E-state index is -1.61. The molecule has 0 aromatic heterocycles. The Morgan fingerprint density at radius 1 is 0.829 bits per heavy atom. The molecule has 2 rings (SSSR count). The summed E-state index contributed by atoms with van der Waals surface area (Å²) in [5.74, 6) is -1.51. The van der Waals surface area contributed by atoms with E-state index in [1.807, 2.05) is 13.8 Å². The Balaban J connectivity index is 2.05. The summed E-state index contributed by atoms with van der Waals surface area (Å²) in [5.41, 5.74) is -1.17. The number of aliphatic hydroxyl groups excluding tert-OH is 1. The Bertz CT molecular complexity index is 1080. The third-order valence-corrected chi connectivity index (χ3v) is 8.96. The Kier molecular flexibility index (Phi) is 10.1. The summed E-state index contributed by atoms with van der Waals surface area (Å²) >= 11 is 0. The normalized spacial score (nSPS) is 21.5. The number of aliphatic carboxylic acids is 1. The van der Waals surface area contributed by atoms with Crippen molar-refractivity contribution >= 4 is 39.1 Å². The van der Waals surface area contributed by atoms with Gasteiger partial charge in [0, 0.05) is 38.4 Å². The second kappa shape index (κ2) is 12.1. The molecule has 2 aliphatic heterocycles. The number of hydrogen-bond donors (Lipinski definition) is 2. The predicted molar refractivity (Wildman–Crippen MR) is 138 cm³/mol. The van der Waals surface area contributed by atoms with Gasteiger partial charge < -0.3 is 10.2 Å². The Labute approximate surface area is 211 Å². The fraction of sp³-hybridized carbons (Fsp3) is 0.500. The molecule has 0 fully saturated rings. The van der Waals surface area contributed by atoms with Gasteiger partial charge in [0.15, 0.2) is 11.6 Å². The topological polar surface area (TPSA) is 126 Å². The van der Waals surface area contributed by atoms with E-state index in [9.17, 15) is 33.0 Å².